The van der Waals surface area contributed by atoms with E-state index in [1.165, 1.54) is 18.4 Å². The summed E-state index contributed by atoms with van der Waals surface area (Å²) in [5, 5.41) is 6.78. The van der Waals surface area contributed by atoms with Gasteiger partial charge in [0.1, 0.15) is 9.84 Å². The Labute approximate surface area is 168 Å². The highest BCUT2D eigenvalue weighted by Gasteiger charge is 2.40. The molecule has 2 saturated carbocycles. The van der Waals surface area contributed by atoms with Crippen molar-refractivity contribution in [1.82, 2.24) is 10.6 Å². The fourth-order valence-electron chi connectivity index (χ4n) is 4.36. The molecule has 3 aliphatic rings. The number of hydrogen-bond acceptors (Lipinski definition) is 4. The van der Waals surface area contributed by atoms with Crippen LogP contribution in [0.1, 0.15) is 66.8 Å². The molecule has 1 amide bonds. The molecule has 2 aliphatic carbocycles. The Kier molecular flexibility index (Phi) is 6.49. The van der Waals surface area contributed by atoms with Crippen LogP contribution in [0.4, 0.5) is 0 Å². The maximum atomic E-state index is 12.5. The lowest BCUT2D eigenvalue weighted by Gasteiger charge is -2.23. The van der Waals surface area contributed by atoms with Gasteiger partial charge < -0.3 is 10.6 Å². The van der Waals surface area contributed by atoms with Crippen LogP contribution < -0.4 is 10.6 Å². The number of carbonyl (C=O) groups excluding carboxylic acids is 1. The lowest BCUT2D eigenvalue weighted by molar-refractivity contribution is 0.0937. The maximum Gasteiger partial charge on any atom is 0.251 e. The smallest absolute Gasteiger partial charge is 0.251 e. The minimum absolute atomic E-state index is 0. The molecule has 0 aromatic heterocycles. The van der Waals surface area contributed by atoms with Crippen molar-refractivity contribution >= 4 is 28.2 Å². The quantitative estimate of drug-likeness (QED) is 0.779. The minimum atomic E-state index is -2.81. The van der Waals surface area contributed by atoms with E-state index in [4.69, 9.17) is 0 Å². The van der Waals surface area contributed by atoms with Gasteiger partial charge in [-0.15, -0.1) is 12.4 Å². The number of benzene rings is 1. The highest BCUT2D eigenvalue weighted by molar-refractivity contribution is 7.91. The largest absolute Gasteiger partial charge is 0.349 e. The van der Waals surface area contributed by atoms with Crippen molar-refractivity contribution in [2.45, 2.75) is 69.0 Å². The average molecular weight is 413 g/mol. The zero-order valence-electron chi connectivity index (χ0n) is 15.5. The van der Waals surface area contributed by atoms with Gasteiger partial charge in [0.2, 0.25) is 0 Å². The van der Waals surface area contributed by atoms with Crippen LogP contribution in [0.15, 0.2) is 24.3 Å². The summed E-state index contributed by atoms with van der Waals surface area (Å²) in [5.74, 6) is 1.09. The first kappa shape index (κ1) is 20.6. The molecule has 0 spiro atoms. The number of hydrogen-bond donors (Lipinski definition) is 2. The van der Waals surface area contributed by atoms with Gasteiger partial charge in [-0.3, -0.25) is 4.79 Å². The third kappa shape index (κ3) is 5.24. The Balaban J connectivity index is 0.00000210. The van der Waals surface area contributed by atoms with E-state index in [9.17, 15) is 13.2 Å². The van der Waals surface area contributed by atoms with Crippen molar-refractivity contribution in [3.63, 3.8) is 0 Å². The van der Waals surface area contributed by atoms with Gasteiger partial charge in [0.25, 0.3) is 5.91 Å². The second-order valence-electron chi connectivity index (χ2n) is 8.12. The molecule has 2 atom stereocenters. The van der Waals surface area contributed by atoms with Gasteiger partial charge in [-0.2, -0.15) is 0 Å². The molecule has 1 heterocycles. The van der Waals surface area contributed by atoms with Gasteiger partial charge in [0.15, 0.2) is 0 Å². The molecule has 1 saturated heterocycles. The predicted octanol–water partition coefficient (Wildman–Crippen LogP) is 2.80. The van der Waals surface area contributed by atoms with E-state index in [1.54, 1.807) is 0 Å². The van der Waals surface area contributed by atoms with Gasteiger partial charge in [-0.05, 0) is 49.8 Å². The second-order valence-corrected chi connectivity index (χ2v) is 10.4. The lowest BCUT2D eigenvalue weighted by Crippen LogP contribution is -2.39. The van der Waals surface area contributed by atoms with Crippen LogP contribution in [0.3, 0.4) is 0 Å². The average Bonchev–Trinajstić information content (AvgIpc) is 3.20. The molecule has 7 heteroatoms. The van der Waals surface area contributed by atoms with Crippen LogP contribution in [-0.2, 0) is 9.84 Å². The van der Waals surface area contributed by atoms with Crippen LogP contribution in [-0.4, -0.2) is 44.0 Å². The predicted molar refractivity (Wildman–Crippen MR) is 109 cm³/mol. The van der Waals surface area contributed by atoms with E-state index >= 15 is 0 Å². The van der Waals surface area contributed by atoms with Crippen molar-refractivity contribution in [2.24, 2.45) is 0 Å². The van der Waals surface area contributed by atoms with Gasteiger partial charge in [0, 0.05) is 29.6 Å². The first-order valence-corrected chi connectivity index (χ1v) is 11.7. The fourth-order valence-corrected chi connectivity index (χ4v) is 5.85. The van der Waals surface area contributed by atoms with Crippen molar-refractivity contribution < 1.29 is 13.2 Å². The summed E-state index contributed by atoms with van der Waals surface area (Å²) in [7, 11) is -2.81. The van der Waals surface area contributed by atoms with Crippen LogP contribution in [0.2, 0.25) is 0 Å². The van der Waals surface area contributed by atoms with Crippen LogP contribution in [0.25, 0.3) is 0 Å². The molecular formula is C20H29ClN2O3S. The van der Waals surface area contributed by atoms with E-state index in [0.717, 1.165) is 37.7 Å². The molecule has 0 bridgehead atoms. The minimum Gasteiger partial charge on any atom is -0.349 e. The molecule has 0 radical (unpaired) electrons. The molecular weight excluding hydrogens is 384 g/mol. The Morgan fingerprint density at radius 2 is 1.70 bits per heavy atom. The van der Waals surface area contributed by atoms with Crippen LogP contribution >= 0.6 is 12.4 Å². The first-order valence-electron chi connectivity index (χ1n) is 9.87. The molecule has 1 aromatic rings. The fraction of sp³-hybridized carbons (Fsp3) is 0.650. The lowest BCUT2D eigenvalue weighted by atomic mass is 10.1. The zero-order chi connectivity index (χ0) is 18.1. The maximum absolute atomic E-state index is 12.5. The topological polar surface area (TPSA) is 75.3 Å². The van der Waals surface area contributed by atoms with E-state index in [-0.39, 0.29) is 18.3 Å². The molecule has 4 rings (SSSR count). The van der Waals surface area contributed by atoms with Crippen molar-refractivity contribution in [3.05, 3.63) is 35.4 Å². The summed E-state index contributed by atoms with van der Waals surface area (Å²) in [6.45, 7) is 0. The van der Waals surface area contributed by atoms with Gasteiger partial charge in [-0.25, -0.2) is 8.42 Å². The molecule has 1 aliphatic heterocycles. The number of rotatable bonds is 5. The Bertz CT molecular complexity index is 763. The number of amides is 1. The summed E-state index contributed by atoms with van der Waals surface area (Å²) >= 11 is 0. The highest BCUT2D eigenvalue weighted by Crippen LogP contribution is 2.41. The Morgan fingerprint density at radius 1 is 1.00 bits per heavy atom. The molecule has 27 heavy (non-hydrogen) atoms. The normalized spacial score (nSPS) is 27.7. The van der Waals surface area contributed by atoms with Crippen molar-refractivity contribution in [1.29, 1.82) is 0 Å². The summed E-state index contributed by atoms with van der Waals surface area (Å²) in [6, 6.07) is 9.05. The molecule has 2 N–H and O–H groups in total. The van der Waals surface area contributed by atoms with E-state index < -0.39 is 9.84 Å². The van der Waals surface area contributed by atoms with E-state index in [2.05, 4.69) is 16.7 Å². The first-order chi connectivity index (χ1) is 12.5. The number of carbonyl (C=O) groups is 1. The molecule has 5 nitrogen and oxygen atoms in total. The SMILES string of the molecule is Cl.O=C(NC1CCCC1)c1cccc(C2CC2NC2CCS(=O)(=O)CC2)c1. The summed E-state index contributed by atoms with van der Waals surface area (Å²) in [4.78, 5) is 12.5. The van der Waals surface area contributed by atoms with Crippen molar-refractivity contribution in [2.75, 3.05) is 11.5 Å². The third-order valence-corrected chi connectivity index (χ3v) is 7.78. The molecule has 2 unspecified atom stereocenters. The Morgan fingerprint density at radius 3 is 2.41 bits per heavy atom. The number of halogens is 1. The zero-order valence-corrected chi connectivity index (χ0v) is 17.2. The number of nitrogens with one attached hydrogen (secondary N) is 2. The molecule has 150 valence electrons. The van der Waals surface area contributed by atoms with Gasteiger partial charge >= 0.3 is 0 Å². The molecule has 3 fully saturated rings. The monoisotopic (exact) mass is 412 g/mol. The van der Waals surface area contributed by atoms with Crippen molar-refractivity contribution in [3.8, 4) is 0 Å². The van der Waals surface area contributed by atoms with Gasteiger partial charge in [0.05, 0.1) is 11.5 Å². The number of sulfone groups is 1. The molecule has 1 aromatic carbocycles. The van der Waals surface area contributed by atoms with Gasteiger partial charge in [-0.1, -0.05) is 25.0 Å². The summed E-state index contributed by atoms with van der Waals surface area (Å²) in [6.07, 6.45) is 7.11. The second kappa shape index (κ2) is 8.50. The summed E-state index contributed by atoms with van der Waals surface area (Å²) in [5.41, 5.74) is 1.97. The van der Waals surface area contributed by atoms with E-state index in [0.29, 0.717) is 35.5 Å². The van der Waals surface area contributed by atoms with E-state index in [1.807, 2.05) is 18.2 Å². The standard InChI is InChI=1S/C20H28N2O3S.ClH/c23-20(22-16-6-1-2-7-16)15-5-3-4-14(12-15)18-13-19(18)21-17-8-10-26(24,25)11-9-17;/h3-5,12,16-19,21H,1-2,6-11,13H2,(H,22,23);1H. The third-order valence-electron chi connectivity index (χ3n) is 6.06. The van der Waals surface area contributed by atoms with Crippen LogP contribution in [0.5, 0.6) is 0 Å². The Hall–Kier alpha value is -1.11. The highest BCUT2D eigenvalue weighted by atomic mass is 35.5. The summed E-state index contributed by atoms with van der Waals surface area (Å²) < 4.78 is 23.1. The van der Waals surface area contributed by atoms with Crippen LogP contribution in [0, 0.1) is 0 Å².